The van der Waals surface area contributed by atoms with Gasteiger partial charge in [0.2, 0.25) is 0 Å². The minimum Gasteiger partial charge on any atom is -0.506 e. The van der Waals surface area contributed by atoms with Crippen LogP contribution in [0.4, 0.5) is 5.82 Å². The number of nitrogens with zero attached hydrogens (tertiary/aromatic N) is 3. The molecule has 2 aromatic heterocycles. The van der Waals surface area contributed by atoms with Crippen LogP contribution in [0.5, 0.6) is 5.75 Å². The summed E-state index contributed by atoms with van der Waals surface area (Å²) in [6.07, 6.45) is 2.96. The van der Waals surface area contributed by atoms with E-state index in [0.717, 1.165) is 21.0 Å². The summed E-state index contributed by atoms with van der Waals surface area (Å²) in [5.41, 5.74) is 5.37. The lowest BCUT2D eigenvalue weighted by atomic mass is 10.2. The highest BCUT2D eigenvalue weighted by molar-refractivity contribution is 9.11. The summed E-state index contributed by atoms with van der Waals surface area (Å²) in [7, 11) is 0. The Balaban J connectivity index is 1.70. The van der Waals surface area contributed by atoms with Crippen LogP contribution in [-0.4, -0.2) is 21.3 Å². The fourth-order valence-electron chi connectivity index (χ4n) is 2.45. The van der Waals surface area contributed by atoms with Gasteiger partial charge >= 0.3 is 0 Å². The number of hydrogen-bond donors (Lipinski definition) is 2. The second-order valence-corrected chi connectivity index (χ2v) is 6.96. The topological polar surface area (TPSA) is 83.5 Å². The molecule has 0 aliphatic heterocycles. The third-order valence-corrected chi connectivity index (χ3v) is 4.65. The van der Waals surface area contributed by atoms with Crippen molar-refractivity contribution in [2.24, 2.45) is 5.10 Å². The number of nitrogens with one attached hydrogen (secondary N) is 1. The Hall–Kier alpha value is -2.45. The number of phenols is 1. The summed E-state index contributed by atoms with van der Waals surface area (Å²) >= 11 is 6.67. The summed E-state index contributed by atoms with van der Waals surface area (Å²) in [5.74, 6) is 0.552. The van der Waals surface area contributed by atoms with Crippen LogP contribution in [0.1, 0.15) is 5.56 Å². The highest BCUT2D eigenvalue weighted by Gasteiger charge is 2.12. The number of hydrogen-bond acceptors (Lipinski definition) is 6. The number of phenolic OH excluding ortho intramolecular Hbond substituents is 1. The van der Waals surface area contributed by atoms with Crippen molar-refractivity contribution in [3.63, 3.8) is 0 Å². The van der Waals surface area contributed by atoms with E-state index >= 15 is 0 Å². The number of fused-ring (bicyclic) bond motifs is 3. The number of rotatable bonds is 3. The van der Waals surface area contributed by atoms with Crippen molar-refractivity contribution >= 4 is 66.0 Å². The molecule has 2 heterocycles. The van der Waals surface area contributed by atoms with E-state index in [0.29, 0.717) is 21.4 Å². The first-order valence-corrected chi connectivity index (χ1v) is 8.81. The molecule has 25 heavy (non-hydrogen) atoms. The molecule has 0 amide bonds. The van der Waals surface area contributed by atoms with Crippen molar-refractivity contribution in [1.82, 2.24) is 9.97 Å². The van der Waals surface area contributed by atoms with Gasteiger partial charge in [0.15, 0.2) is 11.4 Å². The molecule has 0 atom stereocenters. The van der Waals surface area contributed by atoms with Crippen LogP contribution >= 0.6 is 31.9 Å². The number of benzene rings is 2. The van der Waals surface area contributed by atoms with Crippen LogP contribution in [0.25, 0.3) is 22.1 Å². The van der Waals surface area contributed by atoms with Gasteiger partial charge in [-0.2, -0.15) is 5.10 Å². The second kappa shape index (κ2) is 6.45. The highest BCUT2D eigenvalue weighted by atomic mass is 79.9. The van der Waals surface area contributed by atoms with Gasteiger partial charge in [0.1, 0.15) is 23.2 Å². The van der Waals surface area contributed by atoms with Gasteiger partial charge in [-0.05, 0) is 40.2 Å². The predicted molar refractivity (Wildman–Crippen MR) is 104 cm³/mol. The summed E-state index contributed by atoms with van der Waals surface area (Å²) in [6, 6.07) is 11.2. The standard InChI is InChI=1S/C17H10Br2N4O2/c18-10-5-9(15(24)12(19)6-10)7-22-23-17-16-14(20-8-21-17)11-3-1-2-4-13(11)25-16/h1-8,24H,(H,20,21,23)/b22-7+. The number of aromatic nitrogens is 2. The normalized spacial score (nSPS) is 11.6. The molecular weight excluding hydrogens is 452 g/mol. The van der Waals surface area contributed by atoms with E-state index in [1.54, 1.807) is 12.1 Å². The Kier molecular flexibility index (Phi) is 4.14. The monoisotopic (exact) mass is 460 g/mol. The summed E-state index contributed by atoms with van der Waals surface area (Å²) in [5, 5.41) is 15.1. The van der Waals surface area contributed by atoms with Crippen LogP contribution < -0.4 is 5.43 Å². The molecule has 0 aliphatic carbocycles. The van der Waals surface area contributed by atoms with Crippen molar-refractivity contribution in [2.75, 3.05) is 5.43 Å². The first kappa shape index (κ1) is 16.0. The van der Waals surface area contributed by atoms with Crippen LogP contribution in [0.2, 0.25) is 0 Å². The van der Waals surface area contributed by atoms with Crippen LogP contribution in [0.15, 0.2) is 61.2 Å². The molecule has 0 radical (unpaired) electrons. The number of aromatic hydroxyl groups is 1. The summed E-state index contributed by atoms with van der Waals surface area (Å²) < 4.78 is 7.22. The van der Waals surface area contributed by atoms with E-state index < -0.39 is 0 Å². The minimum atomic E-state index is 0.102. The number of furan rings is 1. The van der Waals surface area contributed by atoms with Gasteiger partial charge in [-0.25, -0.2) is 9.97 Å². The lowest BCUT2D eigenvalue weighted by Crippen LogP contribution is -1.95. The maximum atomic E-state index is 10.1. The molecule has 124 valence electrons. The number of anilines is 1. The molecule has 0 aliphatic rings. The lowest BCUT2D eigenvalue weighted by Gasteiger charge is -2.03. The molecule has 4 aromatic rings. The zero-order chi connectivity index (χ0) is 17.4. The molecular formula is C17H10Br2N4O2. The molecule has 4 rings (SSSR count). The van der Waals surface area contributed by atoms with Crippen molar-refractivity contribution < 1.29 is 9.52 Å². The Morgan fingerprint density at radius 1 is 1.16 bits per heavy atom. The zero-order valence-electron chi connectivity index (χ0n) is 12.6. The maximum Gasteiger partial charge on any atom is 0.197 e. The maximum absolute atomic E-state index is 10.1. The highest BCUT2D eigenvalue weighted by Crippen LogP contribution is 2.31. The number of para-hydroxylation sites is 1. The minimum absolute atomic E-state index is 0.102. The Labute approximate surface area is 158 Å². The second-order valence-electron chi connectivity index (χ2n) is 5.19. The number of hydrazone groups is 1. The van der Waals surface area contributed by atoms with Gasteiger partial charge in [0.25, 0.3) is 0 Å². The Morgan fingerprint density at radius 2 is 2.00 bits per heavy atom. The molecule has 0 fully saturated rings. The molecule has 2 aromatic carbocycles. The zero-order valence-corrected chi connectivity index (χ0v) is 15.7. The van der Waals surface area contributed by atoms with Crippen molar-refractivity contribution in [3.8, 4) is 5.75 Å². The van der Waals surface area contributed by atoms with Gasteiger partial charge in [-0.1, -0.05) is 28.1 Å². The fourth-order valence-corrected chi connectivity index (χ4v) is 3.71. The molecule has 8 heteroatoms. The largest absolute Gasteiger partial charge is 0.506 e. The molecule has 0 saturated carbocycles. The van der Waals surface area contributed by atoms with Crippen LogP contribution in [0.3, 0.4) is 0 Å². The lowest BCUT2D eigenvalue weighted by molar-refractivity contribution is 0.471. The summed E-state index contributed by atoms with van der Waals surface area (Å²) in [6.45, 7) is 0. The molecule has 0 spiro atoms. The predicted octanol–water partition coefficient (Wildman–Crippen LogP) is 5.05. The van der Waals surface area contributed by atoms with E-state index in [-0.39, 0.29) is 5.75 Å². The SMILES string of the molecule is Oc1c(Br)cc(Br)cc1/C=N/Nc1ncnc2c1oc1ccccc12. The van der Waals surface area contributed by atoms with Gasteiger partial charge in [0.05, 0.1) is 10.7 Å². The molecule has 6 nitrogen and oxygen atoms in total. The summed E-state index contributed by atoms with van der Waals surface area (Å²) in [4.78, 5) is 8.46. The Bertz CT molecular complexity index is 1120. The smallest absolute Gasteiger partial charge is 0.197 e. The van der Waals surface area contributed by atoms with E-state index in [4.69, 9.17) is 4.42 Å². The van der Waals surface area contributed by atoms with Crippen LogP contribution in [-0.2, 0) is 0 Å². The van der Waals surface area contributed by atoms with Crippen molar-refractivity contribution in [3.05, 3.63) is 57.2 Å². The van der Waals surface area contributed by atoms with Crippen molar-refractivity contribution in [1.29, 1.82) is 0 Å². The Morgan fingerprint density at radius 3 is 2.88 bits per heavy atom. The van der Waals surface area contributed by atoms with Gasteiger partial charge in [-0.3, -0.25) is 5.43 Å². The first-order chi connectivity index (χ1) is 12.1. The molecule has 0 saturated heterocycles. The first-order valence-electron chi connectivity index (χ1n) is 7.23. The van der Waals surface area contributed by atoms with Crippen LogP contribution in [0, 0.1) is 0 Å². The van der Waals surface area contributed by atoms with E-state index in [2.05, 4.69) is 52.4 Å². The van der Waals surface area contributed by atoms with Crippen molar-refractivity contribution in [2.45, 2.75) is 0 Å². The molecule has 0 unspecified atom stereocenters. The number of halogens is 2. The molecule has 2 N–H and O–H groups in total. The molecule has 0 bridgehead atoms. The van der Waals surface area contributed by atoms with E-state index in [1.165, 1.54) is 12.5 Å². The fraction of sp³-hybridized carbons (Fsp3) is 0. The van der Waals surface area contributed by atoms with E-state index in [1.807, 2.05) is 24.3 Å². The third-order valence-electron chi connectivity index (χ3n) is 3.59. The average molecular weight is 462 g/mol. The van der Waals surface area contributed by atoms with Gasteiger partial charge in [0, 0.05) is 15.4 Å². The quantitative estimate of drug-likeness (QED) is 0.329. The van der Waals surface area contributed by atoms with Gasteiger partial charge < -0.3 is 9.52 Å². The van der Waals surface area contributed by atoms with E-state index in [9.17, 15) is 5.11 Å². The third kappa shape index (κ3) is 2.98. The van der Waals surface area contributed by atoms with Gasteiger partial charge in [-0.15, -0.1) is 0 Å². The average Bonchev–Trinajstić information content (AvgIpc) is 2.99.